The summed E-state index contributed by atoms with van der Waals surface area (Å²) in [7, 11) is 0. The number of ether oxygens (including phenoxy) is 1. The SMILES string of the molecule is CCNC(=NCC[C@@H]1CCO[C@H](C)C1)NCC. The molecule has 1 saturated heterocycles. The predicted molar refractivity (Wildman–Crippen MR) is 72.4 cm³/mol. The van der Waals surface area contributed by atoms with Crippen molar-refractivity contribution in [3.63, 3.8) is 0 Å². The van der Waals surface area contributed by atoms with Crippen molar-refractivity contribution in [3.05, 3.63) is 0 Å². The van der Waals surface area contributed by atoms with E-state index in [1.165, 1.54) is 19.3 Å². The molecule has 1 rings (SSSR count). The van der Waals surface area contributed by atoms with Crippen molar-refractivity contribution in [2.75, 3.05) is 26.2 Å². The second kappa shape index (κ2) is 8.34. The van der Waals surface area contributed by atoms with Gasteiger partial charge >= 0.3 is 0 Å². The monoisotopic (exact) mass is 241 g/mol. The highest BCUT2D eigenvalue weighted by Crippen LogP contribution is 2.22. The summed E-state index contributed by atoms with van der Waals surface area (Å²) in [6, 6.07) is 0. The summed E-state index contributed by atoms with van der Waals surface area (Å²) in [4.78, 5) is 4.58. The van der Waals surface area contributed by atoms with Crippen LogP contribution in [0.3, 0.4) is 0 Å². The van der Waals surface area contributed by atoms with Gasteiger partial charge in [-0.25, -0.2) is 0 Å². The Morgan fingerprint density at radius 3 is 2.59 bits per heavy atom. The Labute approximate surface area is 105 Å². The molecule has 17 heavy (non-hydrogen) atoms. The van der Waals surface area contributed by atoms with Gasteiger partial charge in [-0.15, -0.1) is 0 Å². The zero-order valence-electron chi connectivity index (χ0n) is 11.5. The molecule has 1 fully saturated rings. The Hall–Kier alpha value is -0.770. The highest BCUT2D eigenvalue weighted by Gasteiger charge is 2.18. The van der Waals surface area contributed by atoms with E-state index in [9.17, 15) is 0 Å². The van der Waals surface area contributed by atoms with Crippen molar-refractivity contribution in [1.82, 2.24) is 10.6 Å². The maximum absolute atomic E-state index is 5.55. The van der Waals surface area contributed by atoms with Crippen molar-refractivity contribution in [1.29, 1.82) is 0 Å². The van der Waals surface area contributed by atoms with Crippen LogP contribution in [-0.2, 0) is 4.74 Å². The first-order valence-corrected chi connectivity index (χ1v) is 6.90. The molecule has 0 aliphatic carbocycles. The summed E-state index contributed by atoms with van der Waals surface area (Å²) in [5, 5.41) is 6.49. The molecule has 100 valence electrons. The van der Waals surface area contributed by atoms with Gasteiger partial charge in [0.05, 0.1) is 6.10 Å². The standard InChI is InChI=1S/C13H27N3O/c1-4-14-13(15-5-2)16-8-6-12-7-9-17-11(3)10-12/h11-12H,4-10H2,1-3H3,(H2,14,15,16)/t11-,12-/m1/s1. The summed E-state index contributed by atoms with van der Waals surface area (Å²) >= 11 is 0. The molecule has 0 aromatic rings. The fourth-order valence-electron chi connectivity index (χ4n) is 2.22. The summed E-state index contributed by atoms with van der Waals surface area (Å²) in [5.74, 6) is 1.72. The number of nitrogens with zero attached hydrogens (tertiary/aromatic N) is 1. The van der Waals surface area contributed by atoms with E-state index in [4.69, 9.17) is 4.74 Å². The molecule has 2 atom stereocenters. The summed E-state index contributed by atoms with van der Waals surface area (Å²) in [6.07, 6.45) is 3.98. The molecule has 0 aromatic carbocycles. The van der Waals surface area contributed by atoms with Crippen molar-refractivity contribution >= 4 is 5.96 Å². The van der Waals surface area contributed by atoms with Gasteiger partial charge in [0.25, 0.3) is 0 Å². The van der Waals surface area contributed by atoms with Crippen LogP contribution < -0.4 is 10.6 Å². The molecule has 0 saturated carbocycles. The van der Waals surface area contributed by atoms with Crippen LogP contribution in [0.15, 0.2) is 4.99 Å². The van der Waals surface area contributed by atoms with Crippen molar-refractivity contribution in [2.24, 2.45) is 10.9 Å². The van der Waals surface area contributed by atoms with Gasteiger partial charge in [-0.2, -0.15) is 0 Å². The normalized spacial score (nSPS) is 24.2. The first-order valence-electron chi connectivity index (χ1n) is 6.90. The Balaban J connectivity index is 2.25. The number of guanidine groups is 1. The maximum Gasteiger partial charge on any atom is 0.191 e. The van der Waals surface area contributed by atoms with Gasteiger partial charge in [0.2, 0.25) is 0 Å². The lowest BCUT2D eigenvalue weighted by Gasteiger charge is -2.26. The Morgan fingerprint density at radius 1 is 1.29 bits per heavy atom. The van der Waals surface area contributed by atoms with Crippen LogP contribution in [-0.4, -0.2) is 38.3 Å². The van der Waals surface area contributed by atoms with Crippen LogP contribution in [0.1, 0.15) is 40.0 Å². The molecule has 0 spiro atoms. The second-order valence-corrected chi connectivity index (χ2v) is 4.65. The molecule has 0 radical (unpaired) electrons. The van der Waals surface area contributed by atoms with Gasteiger partial charge in [-0.05, 0) is 46.0 Å². The number of rotatable bonds is 5. The van der Waals surface area contributed by atoms with E-state index < -0.39 is 0 Å². The van der Waals surface area contributed by atoms with Gasteiger partial charge in [0.15, 0.2) is 5.96 Å². The van der Waals surface area contributed by atoms with E-state index in [-0.39, 0.29) is 0 Å². The average Bonchev–Trinajstić information content (AvgIpc) is 2.30. The van der Waals surface area contributed by atoms with Gasteiger partial charge in [-0.3, -0.25) is 4.99 Å². The molecule has 2 N–H and O–H groups in total. The summed E-state index contributed by atoms with van der Waals surface area (Å²) < 4.78 is 5.55. The third-order valence-electron chi connectivity index (χ3n) is 3.09. The van der Waals surface area contributed by atoms with Crippen LogP contribution in [0.5, 0.6) is 0 Å². The maximum atomic E-state index is 5.55. The van der Waals surface area contributed by atoms with E-state index in [0.29, 0.717) is 6.10 Å². The third-order valence-corrected chi connectivity index (χ3v) is 3.09. The highest BCUT2D eigenvalue weighted by molar-refractivity contribution is 5.79. The molecule has 0 aromatic heterocycles. The first-order chi connectivity index (χ1) is 8.26. The Kier molecular flexibility index (Phi) is 7.01. The van der Waals surface area contributed by atoms with Gasteiger partial charge in [-0.1, -0.05) is 0 Å². The lowest BCUT2D eigenvalue weighted by Crippen LogP contribution is -2.37. The summed E-state index contributed by atoms with van der Waals surface area (Å²) in [5.41, 5.74) is 0. The minimum absolute atomic E-state index is 0.430. The van der Waals surface area contributed by atoms with Crippen molar-refractivity contribution < 1.29 is 4.74 Å². The lowest BCUT2D eigenvalue weighted by molar-refractivity contribution is 0.00147. The molecule has 4 heteroatoms. The third kappa shape index (κ3) is 5.91. The first kappa shape index (κ1) is 14.3. The van der Waals surface area contributed by atoms with Gasteiger partial charge in [0, 0.05) is 26.2 Å². The van der Waals surface area contributed by atoms with E-state index in [0.717, 1.165) is 38.1 Å². The predicted octanol–water partition coefficient (Wildman–Crippen LogP) is 1.77. The average molecular weight is 241 g/mol. The fourth-order valence-corrected chi connectivity index (χ4v) is 2.22. The molecule has 4 nitrogen and oxygen atoms in total. The van der Waals surface area contributed by atoms with E-state index in [1.54, 1.807) is 0 Å². The minimum atomic E-state index is 0.430. The quantitative estimate of drug-likeness (QED) is 0.569. The van der Waals surface area contributed by atoms with Gasteiger partial charge in [0.1, 0.15) is 0 Å². The van der Waals surface area contributed by atoms with E-state index >= 15 is 0 Å². The molecule has 0 unspecified atom stereocenters. The largest absolute Gasteiger partial charge is 0.378 e. The zero-order chi connectivity index (χ0) is 12.5. The molecular formula is C13H27N3O. The number of nitrogens with one attached hydrogen (secondary N) is 2. The second-order valence-electron chi connectivity index (χ2n) is 4.65. The van der Waals surface area contributed by atoms with Crippen LogP contribution in [0.25, 0.3) is 0 Å². The molecule has 1 heterocycles. The van der Waals surface area contributed by atoms with E-state index in [2.05, 4.69) is 36.4 Å². The molecule has 0 bridgehead atoms. The van der Waals surface area contributed by atoms with E-state index in [1.807, 2.05) is 0 Å². The molecular weight excluding hydrogens is 214 g/mol. The van der Waals surface area contributed by atoms with Crippen molar-refractivity contribution in [3.8, 4) is 0 Å². The number of hydrogen-bond donors (Lipinski definition) is 2. The zero-order valence-corrected chi connectivity index (χ0v) is 11.5. The van der Waals surface area contributed by atoms with Crippen LogP contribution >= 0.6 is 0 Å². The van der Waals surface area contributed by atoms with Gasteiger partial charge < -0.3 is 15.4 Å². The fraction of sp³-hybridized carbons (Fsp3) is 0.923. The van der Waals surface area contributed by atoms with Crippen LogP contribution in [0.2, 0.25) is 0 Å². The lowest BCUT2D eigenvalue weighted by atomic mass is 9.93. The number of hydrogen-bond acceptors (Lipinski definition) is 2. The smallest absolute Gasteiger partial charge is 0.191 e. The van der Waals surface area contributed by atoms with Crippen LogP contribution in [0, 0.1) is 5.92 Å². The molecule has 1 aliphatic heterocycles. The topological polar surface area (TPSA) is 45.7 Å². The molecule has 0 amide bonds. The number of aliphatic imine (C=N–C) groups is 1. The summed E-state index contributed by atoms with van der Waals surface area (Å²) in [6.45, 7) is 10.0. The minimum Gasteiger partial charge on any atom is -0.378 e. The molecule has 1 aliphatic rings. The van der Waals surface area contributed by atoms with Crippen LogP contribution in [0.4, 0.5) is 0 Å². The highest BCUT2D eigenvalue weighted by atomic mass is 16.5. The Morgan fingerprint density at radius 2 is 2.00 bits per heavy atom. The Bertz CT molecular complexity index is 223. The van der Waals surface area contributed by atoms with Crippen molar-refractivity contribution in [2.45, 2.75) is 46.1 Å².